The van der Waals surface area contributed by atoms with E-state index in [0.29, 0.717) is 24.8 Å². The lowest BCUT2D eigenvalue weighted by molar-refractivity contribution is 0.264. The van der Waals surface area contributed by atoms with Crippen molar-refractivity contribution in [1.82, 2.24) is 15.0 Å². The van der Waals surface area contributed by atoms with E-state index in [1.807, 2.05) is 18.3 Å². The van der Waals surface area contributed by atoms with Crippen molar-refractivity contribution in [1.29, 1.82) is 5.26 Å². The summed E-state index contributed by atoms with van der Waals surface area (Å²) in [4.78, 5) is 11.5. The van der Waals surface area contributed by atoms with Gasteiger partial charge >= 0.3 is 0 Å². The average Bonchev–Trinajstić information content (AvgIpc) is 2.81. The maximum Gasteiger partial charge on any atom is 0.226 e. The van der Waals surface area contributed by atoms with Crippen LogP contribution >= 0.6 is 0 Å². The summed E-state index contributed by atoms with van der Waals surface area (Å²) in [6.07, 6.45) is 7.30. The molecular weight excluding hydrogens is 240 g/mol. The van der Waals surface area contributed by atoms with Gasteiger partial charge in [-0.15, -0.1) is 0 Å². The molecule has 0 aromatic carbocycles. The minimum absolute atomic E-state index is 0.436. The number of aromatic amines is 1. The molecule has 0 unspecified atom stereocenters. The summed E-state index contributed by atoms with van der Waals surface area (Å²) >= 11 is 0. The van der Waals surface area contributed by atoms with E-state index in [1.165, 1.54) is 12.4 Å². The quantitative estimate of drug-likeness (QED) is 0.834. The fraction of sp³-hybridized carbons (Fsp3) is 0.357. The number of ether oxygens (including phenoxy) is 1. The Morgan fingerprint density at radius 3 is 3.05 bits per heavy atom. The number of nitrogens with zero attached hydrogens (tertiary/aromatic N) is 3. The molecule has 2 aromatic rings. The molecule has 0 spiro atoms. The summed E-state index contributed by atoms with van der Waals surface area (Å²) in [5.74, 6) is 1.03. The second kappa shape index (κ2) is 6.01. The predicted octanol–water partition coefficient (Wildman–Crippen LogP) is 2.61. The monoisotopic (exact) mass is 256 g/mol. The van der Waals surface area contributed by atoms with Gasteiger partial charge in [0, 0.05) is 12.3 Å². The molecule has 1 N–H and O–H groups in total. The molecular formula is C14H16N4O. The van der Waals surface area contributed by atoms with Gasteiger partial charge < -0.3 is 9.72 Å². The Labute approximate surface area is 111 Å². The molecule has 2 rings (SSSR count). The van der Waals surface area contributed by atoms with Crippen molar-refractivity contribution in [3.8, 4) is 11.9 Å². The summed E-state index contributed by atoms with van der Waals surface area (Å²) in [7, 11) is 0. The molecule has 0 amide bonds. The van der Waals surface area contributed by atoms with Crippen LogP contribution in [0.4, 0.5) is 0 Å². The standard InChI is InChI=1S/C14H16N4O/c1-10(2)8-19-14-12-11(5-3-4-6-15)7-16-13(12)17-9-18-14/h3-4,7,9-10H,5,8H2,1-2H3,(H,16,17,18)/b4-3+. The summed E-state index contributed by atoms with van der Waals surface area (Å²) in [5, 5.41) is 9.41. The van der Waals surface area contributed by atoms with Crippen LogP contribution in [0.3, 0.4) is 0 Å². The first kappa shape index (κ1) is 13.1. The molecule has 0 radical (unpaired) electrons. The third-order valence-corrected chi connectivity index (χ3v) is 2.60. The van der Waals surface area contributed by atoms with Crippen molar-refractivity contribution in [2.75, 3.05) is 6.61 Å². The number of allylic oxidation sites excluding steroid dienone is 2. The van der Waals surface area contributed by atoms with E-state index in [0.717, 1.165) is 16.6 Å². The van der Waals surface area contributed by atoms with Crippen LogP contribution < -0.4 is 4.74 Å². The molecule has 5 nitrogen and oxygen atoms in total. The Morgan fingerprint density at radius 2 is 2.32 bits per heavy atom. The molecule has 0 bridgehead atoms. The van der Waals surface area contributed by atoms with E-state index in [2.05, 4.69) is 28.8 Å². The predicted molar refractivity (Wildman–Crippen MR) is 72.7 cm³/mol. The number of H-pyrrole nitrogens is 1. The highest BCUT2D eigenvalue weighted by molar-refractivity contribution is 5.84. The van der Waals surface area contributed by atoms with Gasteiger partial charge in [0.25, 0.3) is 0 Å². The topological polar surface area (TPSA) is 74.6 Å². The Kier molecular flexibility index (Phi) is 4.14. The molecule has 98 valence electrons. The Balaban J connectivity index is 2.32. The molecule has 0 aliphatic carbocycles. The van der Waals surface area contributed by atoms with E-state index in [4.69, 9.17) is 10.00 Å². The number of nitriles is 1. The third-order valence-electron chi connectivity index (χ3n) is 2.60. The zero-order chi connectivity index (χ0) is 13.7. The van der Waals surface area contributed by atoms with Crippen molar-refractivity contribution in [3.05, 3.63) is 30.2 Å². The number of fused-ring (bicyclic) bond motifs is 1. The lowest BCUT2D eigenvalue weighted by Crippen LogP contribution is -2.06. The molecule has 0 aliphatic heterocycles. The molecule has 0 fully saturated rings. The van der Waals surface area contributed by atoms with Crippen molar-refractivity contribution >= 4 is 11.0 Å². The maximum absolute atomic E-state index is 8.51. The van der Waals surface area contributed by atoms with Crippen LogP contribution in [-0.2, 0) is 6.42 Å². The first-order valence-electron chi connectivity index (χ1n) is 6.20. The molecule has 0 saturated heterocycles. The van der Waals surface area contributed by atoms with Gasteiger partial charge in [0.15, 0.2) is 0 Å². The van der Waals surface area contributed by atoms with E-state index in [-0.39, 0.29) is 0 Å². The molecule has 0 atom stereocenters. The van der Waals surface area contributed by atoms with E-state index < -0.39 is 0 Å². The van der Waals surface area contributed by atoms with Gasteiger partial charge in [-0.1, -0.05) is 19.9 Å². The number of nitrogens with one attached hydrogen (secondary N) is 1. The summed E-state index contributed by atoms with van der Waals surface area (Å²) in [5.41, 5.74) is 1.79. The van der Waals surface area contributed by atoms with Crippen molar-refractivity contribution < 1.29 is 4.74 Å². The van der Waals surface area contributed by atoms with Gasteiger partial charge in [0.1, 0.15) is 12.0 Å². The number of rotatable bonds is 5. The number of hydrogen-bond donors (Lipinski definition) is 1. The lowest BCUT2D eigenvalue weighted by Gasteiger charge is -2.08. The fourth-order valence-electron chi connectivity index (χ4n) is 1.75. The molecule has 2 aromatic heterocycles. The van der Waals surface area contributed by atoms with Gasteiger partial charge in [0.05, 0.1) is 18.1 Å². The van der Waals surface area contributed by atoms with E-state index in [9.17, 15) is 0 Å². The number of aromatic nitrogens is 3. The van der Waals surface area contributed by atoms with Crippen LogP contribution in [0.1, 0.15) is 19.4 Å². The van der Waals surface area contributed by atoms with Crippen molar-refractivity contribution in [2.45, 2.75) is 20.3 Å². The zero-order valence-corrected chi connectivity index (χ0v) is 11.1. The summed E-state index contributed by atoms with van der Waals surface area (Å²) < 4.78 is 5.73. The largest absolute Gasteiger partial charge is 0.477 e. The van der Waals surface area contributed by atoms with Crippen molar-refractivity contribution in [3.63, 3.8) is 0 Å². The van der Waals surface area contributed by atoms with Crippen LogP contribution in [0.2, 0.25) is 0 Å². The Bertz CT molecular complexity index is 622. The second-order valence-corrected chi connectivity index (χ2v) is 4.66. The molecule has 0 aliphatic rings. The normalized spacial score (nSPS) is 11.3. The van der Waals surface area contributed by atoms with Crippen molar-refractivity contribution in [2.24, 2.45) is 5.92 Å². The number of hydrogen-bond acceptors (Lipinski definition) is 4. The third kappa shape index (κ3) is 3.10. The SMILES string of the molecule is CC(C)COc1ncnc2[nH]cc(C/C=C/C#N)c12. The summed E-state index contributed by atoms with van der Waals surface area (Å²) in [6.45, 7) is 4.79. The Morgan fingerprint density at radius 1 is 1.47 bits per heavy atom. The van der Waals surface area contributed by atoms with Crippen LogP contribution in [0.5, 0.6) is 5.88 Å². The van der Waals surface area contributed by atoms with Gasteiger partial charge in [-0.05, 0) is 17.9 Å². The Hall–Kier alpha value is -2.35. The van der Waals surface area contributed by atoms with Gasteiger partial charge in [-0.2, -0.15) is 5.26 Å². The molecule has 5 heteroatoms. The van der Waals surface area contributed by atoms with Crippen LogP contribution in [0.25, 0.3) is 11.0 Å². The minimum atomic E-state index is 0.436. The highest BCUT2D eigenvalue weighted by Gasteiger charge is 2.11. The van der Waals surface area contributed by atoms with Gasteiger partial charge in [-0.3, -0.25) is 0 Å². The smallest absolute Gasteiger partial charge is 0.226 e. The minimum Gasteiger partial charge on any atom is -0.477 e. The van der Waals surface area contributed by atoms with Gasteiger partial charge in [-0.25, -0.2) is 9.97 Å². The van der Waals surface area contributed by atoms with E-state index in [1.54, 1.807) is 0 Å². The first-order valence-corrected chi connectivity index (χ1v) is 6.20. The molecule has 0 saturated carbocycles. The van der Waals surface area contributed by atoms with Crippen LogP contribution in [0.15, 0.2) is 24.7 Å². The van der Waals surface area contributed by atoms with Gasteiger partial charge in [0.2, 0.25) is 5.88 Å². The lowest BCUT2D eigenvalue weighted by atomic mass is 10.1. The molecule has 2 heterocycles. The molecule has 19 heavy (non-hydrogen) atoms. The second-order valence-electron chi connectivity index (χ2n) is 4.66. The highest BCUT2D eigenvalue weighted by atomic mass is 16.5. The highest BCUT2D eigenvalue weighted by Crippen LogP contribution is 2.26. The fourth-order valence-corrected chi connectivity index (χ4v) is 1.75. The maximum atomic E-state index is 8.51. The van der Waals surface area contributed by atoms with Crippen LogP contribution in [0, 0.1) is 17.2 Å². The van der Waals surface area contributed by atoms with E-state index >= 15 is 0 Å². The van der Waals surface area contributed by atoms with Crippen LogP contribution in [-0.4, -0.2) is 21.6 Å². The first-order chi connectivity index (χ1) is 9.22. The zero-order valence-electron chi connectivity index (χ0n) is 11.1. The summed E-state index contributed by atoms with van der Waals surface area (Å²) in [6, 6.07) is 1.98. The average molecular weight is 256 g/mol.